The van der Waals surface area contributed by atoms with Gasteiger partial charge in [-0.3, -0.25) is 10.1 Å². The lowest BCUT2D eigenvalue weighted by molar-refractivity contribution is -0.389. The summed E-state index contributed by atoms with van der Waals surface area (Å²) in [6, 6.07) is 0. The van der Waals surface area contributed by atoms with Crippen molar-refractivity contribution in [3.63, 3.8) is 0 Å². The molecule has 0 spiro atoms. The molecule has 1 rings (SSSR count). The van der Waals surface area contributed by atoms with Crippen LogP contribution in [0.25, 0.3) is 0 Å². The van der Waals surface area contributed by atoms with Crippen LogP contribution in [0.15, 0.2) is 0 Å². The van der Waals surface area contributed by atoms with Crippen molar-refractivity contribution in [2.45, 2.75) is 27.1 Å². The van der Waals surface area contributed by atoms with Gasteiger partial charge in [-0.25, -0.2) is 0 Å². The Balaban J connectivity index is 3.62. The topological polar surface area (TPSA) is 52.4 Å². The van der Waals surface area contributed by atoms with Crippen molar-refractivity contribution in [2.24, 2.45) is 0 Å². The second kappa shape index (κ2) is 4.64. The molecule has 0 aliphatic rings. The third kappa shape index (κ3) is 2.66. The van der Waals surface area contributed by atoms with Gasteiger partial charge in [0.1, 0.15) is 0 Å². The van der Waals surface area contributed by atoms with Crippen molar-refractivity contribution in [1.82, 2.24) is 0 Å². The van der Waals surface area contributed by atoms with Gasteiger partial charge in [-0.2, -0.15) is 0 Å². The predicted molar refractivity (Wildman–Crippen MR) is 59.0 cm³/mol. The molecule has 0 saturated heterocycles. The summed E-state index contributed by atoms with van der Waals surface area (Å²) in [5.74, 6) is -0.813. The molecular formula is C10H9ClF3NO3. The zero-order valence-electron chi connectivity index (χ0n) is 9.68. The highest BCUT2D eigenvalue weighted by Crippen LogP contribution is 2.43. The smallest absolute Gasteiger partial charge is 0.398 e. The van der Waals surface area contributed by atoms with E-state index in [9.17, 15) is 23.3 Å². The fourth-order valence-corrected chi connectivity index (χ4v) is 1.76. The molecular weight excluding hydrogens is 275 g/mol. The molecule has 0 amide bonds. The van der Waals surface area contributed by atoms with E-state index in [1.807, 2.05) is 0 Å². The monoisotopic (exact) mass is 283 g/mol. The van der Waals surface area contributed by atoms with Crippen LogP contribution in [0.2, 0.25) is 5.02 Å². The average molecular weight is 284 g/mol. The van der Waals surface area contributed by atoms with Crippen molar-refractivity contribution in [3.8, 4) is 5.75 Å². The van der Waals surface area contributed by atoms with Crippen LogP contribution in [0.4, 0.5) is 18.9 Å². The van der Waals surface area contributed by atoms with Crippen LogP contribution in [-0.4, -0.2) is 11.3 Å². The van der Waals surface area contributed by atoms with Crippen LogP contribution in [0.3, 0.4) is 0 Å². The first-order chi connectivity index (χ1) is 8.06. The molecule has 1 aromatic rings. The third-order valence-electron chi connectivity index (χ3n) is 2.53. The number of hydrogen-bond donors (Lipinski definition) is 0. The van der Waals surface area contributed by atoms with Gasteiger partial charge in [0.2, 0.25) is 5.75 Å². The van der Waals surface area contributed by atoms with Crippen molar-refractivity contribution >= 4 is 17.3 Å². The quantitative estimate of drug-likeness (QED) is 0.607. The Morgan fingerprint density at radius 3 is 2.06 bits per heavy atom. The maximum Gasteiger partial charge on any atom is 0.573 e. The molecule has 4 nitrogen and oxygen atoms in total. The number of hydrogen-bond acceptors (Lipinski definition) is 3. The summed E-state index contributed by atoms with van der Waals surface area (Å²) in [5.41, 5.74) is -0.502. The first-order valence-electron chi connectivity index (χ1n) is 4.75. The molecule has 1 aromatic carbocycles. The summed E-state index contributed by atoms with van der Waals surface area (Å²) >= 11 is 5.83. The minimum Gasteiger partial charge on any atom is -0.398 e. The number of benzene rings is 1. The number of nitro groups is 1. The van der Waals surface area contributed by atoms with Gasteiger partial charge >= 0.3 is 12.0 Å². The molecule has 0 aromatic heterocycles. The number of nitro benzene ring substituents is 1. The van der Waals surface area contributed by atoms with Crippen LogP contribution in [0, 0.1) is 30.9 Å². The van der Waals surface area contributed by atoms with Crippen molar-refractivity contribution in [2.75, 3.05) is 0 Å². The second-order valence-electron chi connectivity index (χ2n) is 3.67. The highest BCUT2D eigenvalue weighted by molar-refractivity contribution is 6.32. The van der Waals surface area contributed by atoms with Gasteiger partial charge in [0.25, 0.3) is 0 Å². The summed E-state index contributed by atoms with van der Waals surface area (Å²) in [7, 11) is 0. The molecule has 0 atom stereocenters. The largest absolute Gasteiger partial charge is 0.573 e. The lowest BCUT2D eigenvalue weighted by Gasteiger charge is -2.16. The molecule has 0 fully saturated rings. The Labute approximate surface area is 105 Å². The van der Waals surface area contributed by atoms with Crippen molar-refractivity contribution < 1.29 is 22.8 Å². The summed E-state index contributed by atoms with van der Waals surface area (Å²) in [6.45, 7) is 4.03. The molecule has 0 radical (unpaired) electrons. The standard InChI is InChI=1S/C10H9ClF3NO3/c1-4-5(2)9(18-10(12,13)14)8(15(16)17)6(3)7(4)11/h1-3H3. The zero-order valence-corrected chi connectivity index (χ0v) is 10.4. The fourth-order valence-electron chi connectivity index (χ4n) is 1.53. The van der Waals surface area contributed by atoms with E-state index < -0.39 is 22.7 Å². The van der Waals surface area contributed by atoms with Gasteiger partial charge in [0.15, 0.2) is 0 Å². The van der Waals surface area contributed by atoms with E-state index in [1.165, 1.54) is 20.8 Å². The van der Waals surface area contributed by atoms with Gasteiger partial charge in [0, 0.05) is 11.1 Å². The predicted octanol–water partition coefficient (Wildman–Crippen LogP) is 4.07. The van der Waals surface area contributed by atoms with E-state index in [2.05, 4.69) is 4.74 Å². The number of rotatable bonds is 2. The first kappa shape index (κ1) is 14.6. The van der Waals surface area contributed by atoms with Gasteiger partial charge in [-0.05, 0) is 26.3 Å². The van der Waals surface area contributed by atoms with Crippen LogP contribution >= 0.6 is 11.6 Å². The molecule has 0 bridgehead atoms. The average Bonchev–Trinajstić information content (AvgIpc) is 2.20. The lowest BCUT2D eigenvalue weighted by atomic mass is 10.0. The molecule has 0 N–H and O–H groups in total. The van der Waals surface area contributed by atoms with Gasteiger partial charge in [-0.15, -0.1) is 13.2 Å². The van der Waals surface area contributed by atoms with Crippen LogP contribution in [-0.2, 0) is 0 Å². The molecule has 100 valence electrons. The van der Waals surface area contributed by atoms with Crippen LogP contribution < -0.4 is 4.74 Å². The molecule has 0 unspecified atom stereocenters. The van der Waals surface area contributed by atoms with Crippen LogP contribution in [0.1, 0.15) is 16.7 Å². The highest BCUT2D eigenvalue weighted by Gasteiger charge is 2.37. The van der Waals surface area contributed by atoms with E-state index in [1.54, 1.807) is 0 Å². The van der Waals surface area contributed by atoms with E-state index in [-0.39, 0.29) is 16.1 Å². The third-order valence-corrected chi connectivity index (χ3v) is 3.10. The second-order valence-corrected chi connectivity index (χ2v) is 4.05. The maximum atomic E-state index is 12.3. The SMILES string of the molecule is Cc1c(C)c(OC(F)(F)F)c([N+](=O)[O-])c(C)c1Cl. The highest BCUT2D eigenvalue weighted by atomic mass is 35.5. The van der Waals surface area contributed by atoms with E-state index >= 15 is 0 Å². The summed E-state index contributed by atoms with van der Waals surface area (Å²) in [6.07, 6.45) is -5.00. The Bertz CT molecular complexity index is 514. The molecule has 0 aliphatic carbocycles. The van der Waals surface area contributed by atoms with Gasteiger partial charge in [0.05, 0.1) is 9.95 Å². The van der Waals surface area contributed by atoms with E-state index in [4.69, 9.17) is 11.6 Å². The fraction of sp³-hybridized carbons (Fsp3) is 0.400. The number of alkyl halides is 3. The Morgan fingerprint density at radius 2 is 1.67 bits per heavy atom. The Morgan fingerprint density at radius 1 is 1.17 bits per heavy atom. The van der Waals surface area contributed by atoms with Gasteiger partial charge < -0.3 is 4.74 Å². The molecule has 0 heterocycles. The Kier molecular flexibility index (Phi) is 3.75. The molecule has 0 saturated carbocycles. The number of ether oxygens (including phenoxy) is 1. The van der Waals surface area contributed by atoms with E-state index in [0.29, 0.717) is 5.56 Å². The minimum atomic E-state index is -5.00. The van der Waals surface area contributed by atoms with Crippen molar-refractivity contribution in [3.05, 3.63) is 31.8 Å². The maximum absolute atomic E-state index is 12.3. The Hall–Kier alpha value is -1.50. The molecule has 8 heteroatoms. The van der Waals surface area contributed by atoms with Crippen LogP contribution in [0.5, 0.6) is 5.75 Å². The zero-order chi connectivity index (χ0) is 14.2. The van der Waals surface area contributed by atoms with Gasteiger partial charge in [-0.1, -0.05) is 11.6 Å². The first-order valence-corrected chi connectivity index (χ1v) is 5.13. The minimum absolute atomic E-state index is 0.00498. The summed E-state index contributed by atoms with van der Waals surface area (Å²) in [4.78, 5) is 9.91. The summed E-state index contributed by atoms with van der Waals surface area (Å²) in [5, 5.41) is 10.9. The normalized spacial score (nSPS) is 11.5. The molecule has 0 aliphatic heterocycles. The number of nitrogens with zero attached hydrogens (tertiary/aromatic N) is 1. The number of halogens is 4. The molecule has 18 heavy (non-hydrogen) atoms. The lowest BCUT2D eigenvalue weighted by Crippen LogP contribution is -2.19. The van der Waals surface area contributed by atoms with Crippen molar-refractivity contribution in [1.29, 1.82) is 0 Å². The van der Waals surface area contributed by atoms with E-state index in [0.717, 1.165) is 0 Å². The summed E-state index contributed by atoms with van der Waals surface area (Å²) < 4.78 is 40.5.